The first-order valence-corrected chi connectivity index (χ1v) is 5.60. The van der Waals surface area contributed by atoms with Crippen molar-refractivity contribution in [3.63, 3.8) is 0 Å². The predicted molar refractivity (Wildman–Crippen MR) is 59.9 cm³/mol. The summed E-state index contributed by atoms with van der Waals surface area (Å²) in [5.41, 5.74) is 5.66. The lowest BCUT2D eigenvalue weighted by molar-refractivity contribution is -0.275. The largest absolute Gasteiger partial charge is 0.573 e. The third-order valence-electron chi connectivity index (χ3n) is 1.99. The van der Waals surface area contributed by atoms with Gasteiger partial charge in [-0.25, -0.2) is 0 Å². The number of benzene rings is 1. The summed E-state index contributed by atoms with van der Waals surface area (Å²) in [6, 6.07) is 2.60. The van der Waals surface area contributed by atoms with Crippen LogP contribution in [-0.2, 0) is 6.42 Å². The summed E-state index contributed by atoms with van der Waals surface area (Å²) in [5, 5.41) is 9.62. The van der Waals surface area contributed by atoms with Crippen molar-refractivity contribution in [2.75, 3.05) is 6.54 Å². The summed E-state index contributed by atoms with van der Waals surface area (Å²) in [5.74, 6) is -1.11. The maximum absolute atomic E-state index is 12.1. The van der Waals surface area contributed by atoms with Gasteiger partial charge >= 0.3 is 6.36 Å². The van der Waals surface area contributed by atoms with Crippen LogP contribution in [0.5, 0.6) is 11.5 Å². The molecule has 0 saturated carbocycles. The lowest BCUT2D eigenvalue weighted by Gasteiger charge is -2.13. The molecule has 0 saturated heterocycles. The zero-order valence-electron chi connectivity index (χ0n) is 8.72. The van der Waals surface area contributed by atoms with E-state index in [1.165, 1.54) is 6.07 Å². The molecule has 0 atom stereocenters. The van der Waals surface area contributed by atoms with E-state index >= 15 is 0 Å². The van der Waals surface area contributed by atoms with Gasteiger partial charge in [0.05, 0.1) is 0 Å². The third kappa shape index (κ3) is 4.43. The molecule has 0 radical (unpaired) electrons. The molecule has 0 spiro atoms. The van der Waals surface area contributed by atoms with Crippen molar-refractivity contribution in [1.29, 1.82) is 0 Å². The minimum absolute atomic E-state index is 0.365. The highest BCUT2D eigenvalue weighted by molar-refractivity contribution is 9.10. The number of phenols is 1. The highest BCUT2D eigenvalue weighted by Crippen LogP contribution is 2.37. The standard InChI is InChI=1S/C10H11BrF3NO2/c11-7-4-6(2-1-3-15)9(16)8(5-7)17-10(12,13)14/h4-5,16H,1-3,15H2. The van der Waals surface area contributed by atoms with E-state index in [0.29, 0.717) is 29.4 Å². The molecule has 0 aliphatic carbocycles. The molecule has 96 valence electrons. The maximum atomic E-state index is 12.1. The maximum Gasteiger partial charge on any atom is 0.573 e. The highest BCUT2D eigenvalue weighted by Gasteiger charge is 2.32. The molecule has 3 nitrogen and oxygen atoms in total. The number of phenolic OH excluding ortho intramolecular Hbond substituents is 1. The van der Waals surface area contributed by atoms with Crippen LogP contribution in [0.4, 0.5) is 13.2 Å². The van der Waals surface area contributed by atoms with E-state index in [1.54, 1.807) is 0 Å². The first kappa shape index (κ1) is 14.1. The Balaban J connectivity index is 3.01. The van der Waals surface area contributed by atoms with E-state index in [-0.39, 0.29) is 0 Å². The summed E-state index contributed by atoms with van der Waals surface area (Å²) in [7, 11) is 0. The summed E-state index contributed by atoms with van der Waals surface area (Å²) >= 11 is 3.06. The molecule has 0 heterocycles. The van der Waals surface area contributed by atoms with Crippen LogP contribution in [-0.4, -0.2) is 18.0 Å². The number of nitrogens with two attached hydrogens (primary N) is 1. The number of hydrogen-bond acceptors (Lipinski definition) is 3. The van der Waals surface area contributed by atoms with Gasteiger partial charge < -0.3 is 15.6 Å². The molecule has 1 aromatic carbocycles. The quantitative estimate of drug-likeness (QED) is 0.898. The van der Waals surface area contributed by atoms with E-state index in [2.05, 4.69) is 20.7 Å². The van der Waals surface area contributed by atoms with Gasteiger partial charge in [-0.05, 0) is 37.1 Å². The van der Waals surface area contributed by atoms with Crippen LogP contribution in [0.1, 0.15) is 12.0 Å². The second-order valence-electron chi connectivity index (χ2n) is 3.35. The Morgan fingerprint density at radius 3 is 2.53 bits per heavy atom. The van der Waals surface area contributed by atoms with Crippen molar-refractivity contribution in [2.24, 2.45) is 5.73 Å². The van der Waals surface area contributed by atoms with Crippen LogP contribution >= 0.6 is 15.9 Å². The van der Waals surface area contributed by atoms with E-state index < -0.39 is 17.9 Å². The molecule has 7 heteroatoms. The van der Waals surface area contributed by atoms with Gasteiger partial charge in [-0.2, -0.15) is 0 Å². The van der Waals surface area contributed by atoms with E-state index in [0.717, 1.165) is 6.07 Å². The SMILES string of the molecule is NCCCc1cc(Br)cc(OC(F)(F)F)c1O. The average molecular weight is 314 g/mol. The zero-order valence-corrected chi connectivity index (χ0v) is 10.3. The fourth-order valence-corrected chi connectivity index (χ4v) is 1.80. The first-order chi connectivity index (χ1) is 7.83. The van der Waals surface area contributed by atoms with Gasteiger partial charge in [0.2, 0.25) is 0 Å². The lowest BCUT2D eigenvalue weighted by atomic mass is 10.1. The Bertz CT molecular complexity index is 396. The second kappa shape index (κ2) is 5.59. The molecule has 0 fully saturated rings. The number of halogens is 4. The van der Waals surface area contributed by atoms with Gasteiger partial charge in [0.25, 0.3) is 0 Å². The third-order valence-corrected chi connectivity index (χ3v) is 2.45. The predicted octanol–water partition coefficient (Wildman–Crippen LogP) is 2.94. The normalized spacial score (nSPS) is 11.6. The Kier molecular flexibility index (Phi) is 4.64. The Morgan fingerprint density at radius 1 is 1.35 bits per heavy atom. The van der Waals surface area contributed by atoms with E-state index in [1.807, 2.05) is 0 Å². The lowest BCUT2D eigenvalue weighted by Crippen LogP contribution is -2.17. The van der Waals surface area contributed by atoms with E-state index in [4.69, 9.17) is 5.73 Å². The van der Waals surface area contributed by atoms with Crippen molar-refractivity contribution in [3.8, 4) is 11.5 Å². The first-order valence-electron chi connectivity index (χ1n) is 4.80. The summed E-state index contributed by atoms with van der Waals surface area (Å²) in [4.78, 5) is 0. The number of rotatable bonds is 4. The topological polar surface area (TPSA) is 55.5 Å². The molecule has 0 amide bonds. The van der Waals surface area contributed by atoms with Crippen LogP contribution in [0.25, 0.3) is 0 Å². The molecule has 0 unspecified atom stereocenters. The molecule has 1 aromatic rings. The van der Waals surface area contributed by atoms with Gasteiger partial charge in [-0.3, -0.25) is 0 Å². The van der Waals surface area contributed by atoms with Crippen molar-refractivity contribution in [2.45, 2.75) is 19.2 Å². The van der Waals surface area contributed by atoms with Crippen LogP contribution in [0.2, 0.25) is 0 Å². The van der Waals surface area contributed by atoms with Gasteiger partial charge in [0, 0.05) is 4.47 Å². The number of aromatic hydroxyl groups is 1. The number of hydrogen-bond donors (Lipinski definition) is 2. The Hall–Kier alpha value is -0.950. The van der Waals surface area contributed by atoms with Crippen LogP contribution < -0.4 is 10.5 Å². The molecule has 1 rings (SSSR count). The monoisotopic (exact) mass is 313 g/mol. The van der Waals surface area contributed by atoms with Crippen LogP contribution in [0.3, 0.4) is 0 Å². The van der Waals surface area contributed by atoms with Crippen molar-refractivity contribution < 1.29 is 23.0 Å². The summed E-state index contributed by atoms with van der Waals surface area (Å²) < 4.78 is 40.3. The molecular formula is C10H11BrF3NO2. The number of aryl methyl sites for hydroxylation is 1. The van der Waals surface area contributed by atoms with Crippen molar-refractivity contribution >= 4 is 15.9 Å². The smallest absolute Gasteiger partial charge is 0.504 e. The molecular weight excluding hydrogens is 303 g/mol. The molecule has 0 aliphatic heterocycles. The van der Waals surface area contributed by atoms with Crippen molar-refractivity contribution in [3.05, 3.63) is 22.2 Å². The van der Waals surface area contributed by atoms with Gasteiger partial charge in [0.15, 0.2) is 11.5 Å². The number of ether oxygens (including phenoxy) is 1. The molecule has 3 N–H and O–H groups in total. The fourth-order valence-electron chi connectivity index (χ4n) is 1.31. The number of alkyl halides is 3. The van der Waals surface area contributed by atoms with Gasteiger partial charge in [0.1, 0.15) is 0 Å². The minimum Gasteiger partial charge on any atom is -0.504 e. The summed E-state index contributed by atoms with van der Waals surface area (Å²) in [6.07, 6.45) is -3.88. The highest BCUT2D eigenvalue weighted by atomic mass is 79.9. The summed E-state index contributed by atoms with van der Waals surface area (Å²) in [6.45, 7) is 0.390. The van der Waals surface area contributed by atoms with Gasteiger partial charge in [-0.15, -0.1) is 13.2 Å². The molecule has 0 bridgehead atoms. The molecule has 17 heavy (non-hydrogen) atoms. The van der Waals surface area contributed by atoms with E-state index in [9.17, 15) is 18.3 Å². The average Bonchev–Trinajstić information content (AvgIpc) is 2.18. The van der Waals surface area contributed by atoms with Crippen LogP contribution in [0, 0.1) is 0 Å². The Morgan fingerprint density at radius 2 is 2.00 bits per heavy atom. The Labute approximate surface area is 105 Å². The van der Waals surface area contributed by atoms with Gasteiger partial charge in [-0.1, -0.05) is 15.9 Å². The molecule has 0 aromatic heterocycles. The fraction of sp³-hybridized carbons (Fsp3) is 0.400. The van der Waals surface area contributed by atoms with Crippen LogP contribution in [0.15, 0.2) is 16.6 Å². The second-order valence-corrected chi connectivity index (χ2v) is 4.27. The zero-order chi connectivity index (χ0) is 13.1. The van der Waals surface area contributed by atoms with Crippen molar-refractivity contribution in [1.82, 2.24) is 0 Å². The molecule has 0 aliphatic rings. The minimum atomic E-state index is -4.83.